The van der Waals surface area contributed by atoms with Crippen LogP contribution in [-0.4, -0.2) is 61.1 Å². The van der Waals surface area contributed by atoms with Crippen molar-refractivity contribution < 1.29 is 28.9 Å². The van der Waals surface area contributed by atoms with Gasteiger partial charge in [0.2, 0.25) is 0 Å². The summed E-state index contributed by atoms with van der Waals surface area (Å²) < 4.78 is 15.3. The molecule has 1 amide bonds. The number of hydrogen-bond donors (Lipinski definition) is 1. The number of Topliss-reactive ketones (excluding diaryl/α,β-unsaturated/α-hetero) is 1. The molecule has 0 radical (unpaired) electrons. The summed E-state index contributed by atoms with van der Waals surface area (Å²) in [6.07, 6.45) is 3.19. The van der Waals surface area contributed by atoms with Gasteiger partial charge in [0.1, 0.15) is 6.23 Å². The van der Waals surface area contributed by atoms with E-state index in [1.165, 1.54) is 20.5 Å². The number of allylic oxidation sites excluding steroid dienone is 1. The summed E-state index contributed by atoms with van der Waals surface area (Å²) in [7, 11) is 2.85. The Kier molecular flexibility index (Phi) is 9.52. The first-order valence-corrected chi connectivity index (χ1v) is 8.89. The second-order valence-electron chi connectivity index (χ2n) is 6.11. The summed E-state index contributed by atoms with van der Waals surface area (Å²) >= 11 is 0. The SMILES string of the molecule is CCOC1CC[C@H](CCC(O)CC(=O)/C(=C/OC)CC)N1C(=O)OC. The van der Waals surface area contributed by atoms with Gasteiger partial charge in [0.25, 0.3) is 0 Å². The van der Waals surface area contributed by atoms with Crippen LogP contribution in [0.3, 0.4) is 0 Å². The Morgan fingerprint density at radius 2 is 2.00 bits per heavy atom. The summed E-state index contributed by atoms with van der Waals surface area (Å²) in [4.78, 5) is 25.7. The maximum atomic E-state index is 12.1. The first-order valence-electron chi connectivity index (χ1n) is 8.89. The van der Waals surface area contributed by atoms with E-state index in [1.807, 2.05) is 13.8 Å². The van der Waals surface area contributed by atoms with Crippen LogP contribution in [-0.2, 0) is 19.0 Å². The van der Waals surface area contributed by atoms with Gasteiger partial charge in [0.05, 0.1) is 26.6 Å². The zero-order valence-corrected chi connectivity index (χ0v) is 15.7. The van der Waals surface area contributed by atoms with Crippen LogP contribution < -0.4 is 0 Å². The molecule has 7 nitrogen and oxygen atoms in total. The molecule has 1 heterocycles. The lowest BCUT2D eigenvalue weighted by Crippen LogP contribution is -2.42. The number of rotatable bonds is 10. The van der Waals surface area contributed by atoms with E-state index in [0.29, 0.717) is 31.4 Å². The Bertz CT molecular complexity index is 464. The zero-order chi connectivity index (χ0) is 18.8. The third kappa shape index (κ3) is 6.32. The quantitative estimate of drug-likeness (QED) is 0.478. The van der Waals surface area contributed by atoms with Crippen LogP contribution in [0.1, 0.15) is 52.4 Å². The van der Waals surface area contributed by atoms with Gasteiger partial charge in [-0.25, -0.2) is 4.79 Å². The number of carbonyl (C=O) groups excluding carboxylic acids is 2. The van der Waals surface area contributed by atoms with Crippen molar-refractivity contribution >= 4 is 11.9 Å². The van der Waals surface area contributed by atoms with Crippen LogP contribution in [0, 0.1) is 0 Å². The van der Waals surface area contributed by atoms with Crippen LogP contribution in [0.5, 0.6) is 0 Å². The molecule has 0 aliphatic carbocycles. The smallest absolute Gasteiger partial charge is 0.411 e. The van der Waals surface area contributed by atoms with Gasteiger partial charge in [-0.2, -0.15) is 0 Å². The number of amides is 1. The normalized spacial score (nSPS) is 22.0. The van der Waals surface area contributed by atoms with E-state index in [1.54, 1.807) is 4.90 Å². The molecule has 3 atom stereocenters. The molecular weight excluding hydrogens is 326 g/mol. The van der Waals surface area contributed by atoms with Crippen molar-refractivity contribution in [3.05, 3.63) is 11.8 Å². The fourth-order valence-electron chi connectivity index (χ4n) is 3.18. The minimum Gasteiger partial charge on any atom is -0.504 e. The molecular formula is C18H31NO6. The van der Waals surface area contributed by atoms with E-state index in [-0.39, 0.29) is 24.5 Å². The number of aliphatic hydroxyl groups excluding tert-OH is 1. The number of hydrogen-bond acceptors (Lipinski definition) is 6. The van der Waals surface area contributed by atoms with E-state index in [9.17, 15) is 14.7 Å². The molecule has 1 aliphatic rings. The Labute approximate surface area is 149 Å². The van der Waals surface area contributed by atoms with Gasteiger partial charge in [-0.15, -0.1) is 0 Å². The molecule has 0 aromatic rings. The molecule has 1 rings (SSSR count). The Balaban J connectivity index is 2.56. The van der Waals surface area contributed by atoms with Crippen molar-refractivity contribution in [3.63, 3.8) is 0 Å². The molecule has 1 N–H and O–H groups in total. The van der Waals surface area contributed by atoms with E-state index in [4.69, 9.17) is 14.2 Å². The highest BCUT2D eigenvalue weighted by Crippen LogP contribution is 2.29. The fraction of sp³-hybridized carbons (Fsp3) is 0.778. The first kappa shape index (κ1) is 21.4. The summed E-state index contributed by atoms with van der Waals surface area (Å²) in [6, 6.07) is -0.0473. The molecule has 2 unspecified atom stereocenters. The van der Waals surface area contributed by atoms with Gasteiger partial charge >= 0.3 is 6.09 Å². The largest absolute Gasteiger partial charge is 0.504 e. The fourth-order valence-corrected chi connectivity index (χ4v) is 3.18. The van der Waals surface area contributed by atoms with E-state index >= 15 is 0 Å². The van der Waals surface area contributed by atoms with Crippen molar-refractivity contribution in [2.24, 2.45) is 0 Å². The van der Waals surface area contributed by atoms with Gasteiger partial charge in [0.15, 0.2) is 5.78 Å². The van der Waals surface area contributed by atoms with Crippen molar-refractivity contribution in [1.29, 1.82) is 0 Å². The molecule has 1 saturated heterocycles. The molecule has 0 spiro atoms. The second-order valence-corrected chi connectivity index (χ2v) is 6.11. The van der Waals surface area contributed by atoms with Gasteiger partial charge in [-0.3, -0.25) is 9.69 Å². The topological polar surface area (TPSA) is 85.3 Å². The van der Waals surface area contributed by atoms with Gasteiger partial charge in [0, 0.05) is 24.6 Å². The molecule has 1 fully saturated rings. The molecule has 0 aromatic carbocycles. The molecule has 7 heteroatoms. The van der Waals surface area contributed by atoms with Crippen LogP contribution in [0.15, 0.2) is 11.8 Å². The third-order valence-corrected chi connectivity index (χ3v) is 4.45. The number of ether oxygens (including phenoxy) is 3. The average molecular weight is 357 g/mol. The summed E-state index contributed by atoms with van der Waals surface area (Å²) in [5.41, 5.74) is 0.565. The van der Waals surface area contributed by atoms with Gasteiger partial charge in [-0.1, -0.05) is 6.92 Å². The minimum absolute atomic E-state index is 0.0473. The molecule has 144 valence electrons. The maximum Gasteiger partial charge on any atom is 0.411 e. The van der Waals surface area contributed by atoms with Crippen molar-refractivity contribution in [2.75, 3.05) is 20.8 Å². The Hall–Kier alpha value is -1.60. The zero-order valence-electron chi connectivity index (χ0n) is 15.7. The highest BCUT2D eigenvalue weighted by molar-refractivity contribution is 5.95. The van der Waals surface area contributed by atoms with Crippen LogP contribution in [0.4, 0.5) is 4.79 Å². The Morgan fingerprint density at radius 3 is 2.56 bits per heavy atom. The molecule has 0 saturated carbocycles. The number of likely N-dealkylation sites (tertiary alicyclic amines) is 1. The first-order chi connectivity index (χ1) is 12.0. The maximum absolute atomic E-state index is 12.1. The second kappa shape index (κ2) is 11.1. The predicted molar refractivity (Wildman–Crippen MR) is 92.9 cm³/mol. The lowest BCUT2D eigenvalue weighted by Gasteiger charge is -2.29. The average Bonchev–Trinajstić information content (AvgIpc) is 3.00. The number of aliphatic hydroxyl groups is 1. The lowest BCUT2D eigenvalue weighted by atomic mass is 9.99. The number of nitrogens with zero attached hydrogens (tertiary/aromatic N) is 1. The van der Waals surface area contributed by atoms with Gasteiger partial charge in [-0.05, 0) is 39.0 Å². The van der Waals surface area contributed by atoms with Crippen LogP contribution in [0.25, 0.3) is 0 Å². The lowest BCUT2D eigenvalue weighted by molar-refractivity contribution is -0.117. The molecule has 0 bridgehead atoms. The van der Waals surface area contributed by atoms with Crippen molar-refractivity contribution in [2.45, 2.75) is 70.7 Å². The molecule has 0 aromatic heterocycles. The van der Waals surface area contributed by atoms with Crippen molar-refractivity contribution in [3.8, 4) is 0 Å². The number of methoxy groups -OCH3 is 2. The van der Waals surface area contributed by atoms with Crippen molar-refractivity contribution in [1.82, 2.24) is 4.90 Å². The van der Waals surface area contributed by atoms with Crippen LogP contribution in [0.2, 0.25) is 0 Å². The van der Waals surface area contributed by atoms with E-state index in [2.05, 4.69) is 0 Å². The van der Waals surface area contributed by atoms with E-state index in [0.717, 1.165) is 12.8 Å². The summed E-state index contributed by atoms with van der Waals surface area (Å²) in [5, 5.41) is 10.2. The van der Waals surface area contributed by atoms with Gasteiger partial charge < -0.3 is 19.3 Å². The molecule has 25 heavy (non-hydrogen) atoms. The third-order valence-electron chi connectivity index (χ3n) is 4.45. The molecule has 1 aliphatic heterocycles. The Morgan fingerprint density at radius 1 is 1.28 bits per heavy atom. The minimum atomic E-state index is -0.745. The predicted octanol–water partition coefficient (Wildman–Crippen LogP) is 2.62. The standard InChI is InChI=1S/C18H31NO6/c1-5-13(12-23-3)16(21)11-15(20)9-7-14-8-10-17(25-6-2)19(14)18(22)24-4/h12,14-15,17,20H,5-11H2,1-4H3/b13-12+/t14-,15?,17?/m0/s1. The monoisotopic (exact) mass is 357 g/mol. The summed E-state index contributed by atoms with van der Waals surface area (Å²) in [6.45, 7) is 4.28. The highest BCUT2D eigenvalue weighted by atomic mass is 16.6. The highest BCUT2D eigenvalue weighted by Gasteiger charge is 2.38. The number of ketones is 1. The summed E-state index contributed by atoms with van der Waals surface area (Å²) in [5.74, 6) is -0.111. The van der Waals surface area contributed by atoms with Crippen LogP contribution >= 0.6 is 0 Å². The van der Waals surface area contributed by atoms with E-state index < -0.39 is 12.2 Å². The number of carbonyl (C=O) groups is 2.